The maximum absolute atomic E-state index is 12.1. The Morgan fingerprint density at radius 3 is 2.31 bits per heavy atom. The van der Waals surface area contributed by atoms with Gasteiger partial charge in [0.15, 0.2) is 0 Å². The summed E-state index contributed by atoms with van der Waals surface area (Å²) in [6, 6.07) is 14.1. The minimum Gasteiger partial charge on any atom is -0.444 e. The molecule has 0 spiro atoms. The van der Waals surface area contributed by atoms with Crippen LogP contribution < -0.4 is 10.6 Å². The number of halogens is 1. The molecule has 0 aliphatic heterocycles. The molecule has 0 atom stereocenters. The third kappa shape index (κ3) is 6.29. The highest BCUT2D eigenvalue weighted by atomic mass is 35.5. The molecule has 2 aromatic carbocycles. The molecule has 0 aliphatic rings. The number of rotatable bonds is 6. The molecule has 0 bridgehead atoms. The van der Waals surface area contributed by atoms with E-state index in [0.29, 0.717) is 17.3 Å². The van der Waals surface area contributed by atoms with Crippen LogP contribution in [-0.2, 0) is 17.9 Å². The van der Waals surface area contributed by atoms with Crippen LogP contribution in [0.1, 0.15) is 27.3 Å². The van der Waals surface area contributed by atoms with Crippen molar-refractivity contribution in [2.24, 2.45) is 0 Å². The van der Waals surface area contributed by atoms with Crippen molar-refractivity contribution in [3.05, 3.63) is 88.5 Å². The molecular formula is C21H19ClN4O3. The van der Waals surface area contributed by atoms with Gasteiger partial charge in [0.1, 0.15) is 12.3 Å². The number of anilines is 1. The first-order valence-electron chi connectivity index (χ1n) is 8.83. The number of nitrogens with zero attached hydrogens (tertiary/aromatic N) is 2. The summed E-state index contributed by atoms with van der Waals surface area (Å²) in [6.45, 7) is 2.28. The van der Waals surface area contributed by atoms with Gasteiger partial charge in [-0.15, -0.1) is 0 Å². The Hall–Kier alpha value is -3.45. The topological polar surface area (TPSA) is 93.2 Å². The van der Waals surface area contributed by atoms with Gasteiger partial charge in [0.2, 0.25) is 0 Å². The van der Waals surface area contributed by atoms with Gasteiger partial charge < -0.3 is 10.1 Å². The molecule has 1 aromatic heterocycles. The molecule has 3 rings (SSSR count). The number of benzene rings is 2. The summed E-state index contributed by atoms with van der Waals surface area (Å²) in [5.74, 6) is -0.300. The Balaban J connectivity index is 1.45. The van der Waals surface area contributed by atoms with Crippen molar-refractivity contribution in [2.75, 3.05) is 5.32 Å². The molecule has 0 fully saturated rings. The number of ether oxygens (including phenoxy) is 1. The van der Waals surface area contributed by atoms with Crippen LogP contribution >= 0.6 is 11.6 Å². The highest BCUT2D eigenvalue weighted by Gasteiger charge is 2.08. The third-order valence-electron chi connectivity index (χ3n) is 3.95. The lowest BCUT2D eigenvalue weighted by molar-refractivity contribution is 0.0945. The molecule has 148 valence electrons. The zero-order valence-corrected chi connectivity index (χ0v) is 16.4. The molecule has 0 aliphatic carbocycles. The number of carbonyl (C=O) groups excluding carboxylic acids is 2. The molecule has 29 heavy (non-hydrogen) atoms. The number of amides is 2. The lowest BCUT2D eigenvalue weighted by Crippen LogP contribution is -2.24. The van der Waals surface area contributed by atoms with Crippen molar-refractivity contribution in [3.63, 3.8) is 0 Å². The Labute approximate surface area is 173 Å². The van der Waals surface area contributed by atoms with Crippen LogP contribution in [0.5, 0.6) is 0 Å². The van der Waals surface area contributed by atoms with Gasteiger partial charge in [-0.3, -0.25) is 15.1 Å². The van der Waals surface area contributed by atoms with E-state index in [-0.39, 0.29) is 18.2 Å². The van der Waals surface area contributed by atoms with Crippen molar-refractivity contribution in [3.8, 4) is 0 Å². The van der Waals surface area contributed by atoms with Gasteiger partial charge in [0.05, 0.1) is 11.9 Å². The molecular weight excluding hydrogens is 392 g/mol. The van der Waals surface area contributed by atoms with E-state index in [1.807, 2.05) is 0 Å². The fourth-order valence-electron chi connectivity index (χ4n) is 2.37. The minimum atomic E-state index is -0.557. The lowest BCUT2D eigenvalue weighted by Gasteiger charge is -2.09. The fraction of sp³-hybridized carbons (Fsp3) is 0.143. The molecule has 0 saturated heterocycles. The second-order valence-corrected chi connectivity index (χ2v) is 6.69. The van der Waals surface area contributed by atoms with E-state index in [0.717, 1.165) is 16.8 Å². The lowest BCUT2D eigenvalue weighted by atomic mass is 10.2. The third-order valence-corrected chi connectivity index (χ3v) is 4.20. The molecule has 1 heterocycles. The van der Waals surface area contributed by atoms with Gasteiger partial charge in [-0.05, 0) is 42.3 Å². The SMILES string of the molecule is Cc1cnc(C(=O)NCc2ccc(NC(=O)OCc3ccc(Cl)cc3)cc2)cn1. The Morgan fingerprint density at radius 1 is 0.966 bits per heavy atom. The molecule has 2 N–H and O–H groups in total. The Kier molecular flexibility index (Phi) is 6.76. The summed E-state index contributed by atoms with van der Waals surface area (Å²) in [5, 5.41) is 6.05. The predicted molar refractivity (Wildman–Crippen MR) is 110 cm³/mol. The van der Waals surface area contributed by atoms with E-state index in [2.05, 4.69) is 20.6 Å². The molecule has 8 heteroatoms. The van der Waals surface area contributed by atoms with Gasteiger partial charge in [0.25, 0.3) is 5.91 Å². The van der Waals surface area contributed by atoms with Crippen molar-refractivity contribution in [1.29, 1.82) is 0 Å². The van der Waals surface area contributed by atoms with Crippen molar-refractivity contribution in [1.82, 2.24) is 15.3 Å². The minimum absolute atomic E-state index is 0.148. The largest absolute Gasteiger partial charge is 0.444 e. The van der Waals surface area contributed by atoms with Gasteiger partial charge >= 0.3 is 6.09 Å². The average Bonchev–Trinajstić information content (AvgIpc) is 2.73. The van der Waals surface area contributed by atoms with Crippen LogP contribution in [0, 0.1) is 6.92 Å². The van der Waals surface area contributed by atoms with Crippen LogP contribution in [-0.4, -0.2) is 22.0 Å². The maximum Gasteiger partial charge on any atom is 0.411 e. The van der Waals surface area contributed by atoms with Crippen LogP contribution in [0.3, 0.4) is 0 Å². The second-order valence-electron chi connectivity index (χ2n) is 6.25. The number of aryl methyl sites for hydroxylation is 1. The average molecular weight is 411 g/mol. The standard InChI is InChI=1S/C21H19ClN4O3/c1-14-10-24-19(12-23-14)20(27)25-11-15-4-8-18(9-5-15)26-21(28)29-13-16-2-6-17(22)7-3-16/h2-10,12H,11,13H2,1H3,(H,25,27)(H,26,28). The number of carbonyl (C=O) groups is 2. The van der Waals surface area contributed by atoms with Gasteiger partial charge in [-0.25, -0.2) is 9.78 Å². The van der Waals surface area contributed by atoms with E-state index in [4.69, 9.17) is 16.3 Å². The Morgan fingerprint density at radius 2 is 1.66 bits per heavy atom. The van der Waals surface area contributed by atoms with Gasteiger partial charge in [-0.2, -0.15) is 0 Å². The summed E-state index contributed by atoms with van der Waals surface area (Å²) in [4.78, 5) is 32.0. The molecule has 2 amide bonds. The summed E-state index contributed by atoms with van der Waals surface area (Å²) in [5.41, 5.74) is 3.31. The number of nitrogens with one attached hydrogen (secondary N) is 2. The molecule has 3 aromatic rings. The van der Waals surface area contributed by atoms with E-state index < -0.39 is 6.09 Å². The number of hydrogen-bond acceptors (Lipinski definition) is 5. The highest BCUT2D eigenvalue weighted by molar-refractivity contribution is 6.30. The van der Waals surface area contributed by atoms with E-state index in [9.17, 15) is 9.59 Å². The quantitative estimate of drug-likeness (QED) is 0.637. The predicted octanol–water partition coefficient (Wildman–Crippen LogP) is 4.12. The molecule has 0 radical (unpaired) electrons. The van der Waals surface area contributed by atoms with Crippen LogP contribution in [0.25, 0.3) is 0 Å². The first-order valence-corrected chi connectivity index (χ1v) is 9.21. The summed E-state index contributed by atoms with van der Waals surface area (Å²) in [6.07, 6.45) is 2.42. The normalized spacial score (nSPS) is 10.3. The number of aromatic nitrogens is 2. The molecule has 0 saturated carbocycles. The summed E-state index contributed by atoms with van der Waals surface area (Å²) >= 11 is 5.82. The monoisotopic (exact) mass is 410 g/mol. The zero-order valence-electron chi connectivity index (χ0n) is 15.7. The molecule has 0 unspecified atom stereocenters. The van der Waals surface area contributed by atoms with Gasteiger partial charge in [0, 0.05) is 23.5 Å². The number of hydrogen-bond donors (Lipinski definition) is 2. The Bertz CT molecular complexity index is 974. The van der Waals surface area contributed by atoms with Gasteiger partial charge in [-0.1, -0.05) is 35.9 Å². The van der Waals surface area contributed by atoms with Crippen LogP contribution in [0.2, 0.25) is 5.02 Å². The van der Waals surface area contributed by atoms with Crippen molar-refractivity contribution in [2.45, 2.75) is 20.1 Å². The van der Waals surface area contributed by atoms with Crippen molar-refractivity contribution < 1.29 is 14.3 Å². The van der Waals surface area contributed by atoms with Crippen LogP contribution in [0.4, 0.5) is 10.5 Å². The zero-order chi connectivity index (χ0) is 20.6. The van der Waals surface area contributed by atoms with E-state index in [1.165, 1.54) is 6.20 Å². The van der Waals surface area contributed by atoms with Crippen molar-refractivity contribution >= 4 is 29.3 Å². The summed E-state index contributed by atoms with van der Waals surface area (Å²) in [7, 11) is 0. The van der Waals surface area contributed by atoms with E-state index >= 15 is 0 Å². The maximum atomic E-state index is 12.1. The highest BCUT2D eigenvalue weighted by Crippen LogP contribution is 2.12. The molecule has 7 nitrogen and oxygen atoms in total. The fourth-order valence-corrected chi connectivity index (χ4v) is 2.50. The smallest absolute Gasteiger partial charge is 0.411 e. The van der Waals surface area contributed by atoms with E-state index in [1.54, 1.807) is 61.7 Å². The second kappa shape index (κ2) is 9.66. The first-order chi connectivity index (χ1) is 14.0. The first kappa shape index (κ1) is 20.3. The van der Waals surface area contributed by atoms with Crippen LogP contribution in [0.15, 0.2) is 60.9 Å². The summed E-state index contributed by atoms with van der Waals surface area (Å²) < 4.78 is 5.18.